The third-order valence-corrected chi connectivity index (χ3v) is 7.46. The summed E-state index contributed by atoms with van der Waals surface area (Å²) >= 11 is 0. The van der Waals surface area contributed by atoms with Crippen LogP contribution in [0.5, 0.6) is 0 Å². The number of carbonyl (C=O) groups is 1. The average molecular weight is 453 g/mol. The highest BCUT2D eigenvalue weighted by atomic mass is 32.2. The fourth-order valence-electron chi connectivity index (χ4n) is 3.86. The second-order valence-corrected chi connectivity index (χ2v) is 10.00. The van der Waals surface area contributed by atoms with Crippen LogP contribution >= 0.6 is 0 Å². The van der Waals surface area contributed by atoms with E-state index >= 15 is 0 Å². The van der Waals surface area contributed by atoms with E-state index in [-0.39, 0.29) is 23.2 Å². The van der Waals surface area contributed by atoms with Gasteiger partial charge in [-0.1, -0.05) is 50.2 Å². The Labute approximate surface area is 187 Å². The van der Waals surface area contributed by atoms with E-state index in [4.69, 9.17) is 0 Å². The predicted octanol–water partition coefficient (Wildman–Crippen LogP) is 4.48. The summed E-state index contributed by atoms with van der Waals surface area (Å²) < 4.78 is 40.9. The van der Waals surface area contributed by atoms with Crippen LogP contribution in [-0.2, 0) is 21.2 Å². The topological polar surface area (TPSA) is 66.5 Å². The number of sulfonamides is 1. The first-order valence-corrected chi connectivity index (χ1v) is 12.0. The Balaban J connectivity index is 1.58. The van der Waals surface area contributed by atoms with Gasteiger partial charge in [-0.25, -0.2) is 12.8 Å². The molecule has 0 atom stereocenters. The van der Waals surface area contributed by atoms with Crippen molar-refractivity contribution in [1.82, 2.24) is 5.32 Å². The third-order valence-electron chi connectivity index (χ3n) is 5.64. The molecule has 1 amide bonds. The van der Waals surface area contributed by atoms with Crippen LogP contribution in [0.25, 0.3) is 11.1 Å². The van der Waals surface area contributed by atoms with Crippen molar-refractivity contribution in [1.29, 1.82) is 0 Å². The maximum absolute atomic E-state index is 13.4. The van der Waals surface area contributed by atoms with E-state index < -0.39 is 15.9 Å². The lowest BCUT2D eigenvalue weighted by Gasteiger charge is -2.32. The van der Waals surface area contributed by atoms with Gasteiger partial charge in [0.25, 0.3) is 10.0 Å². The van der Waals surface area contributed by atoms with Gasteiger partial charge in [-0.05, 0) is 53.8 Å². The number of carbonyl (C=O) groups excluding carboxylic acids is 1. The second kappa shape index (κ2) is 8.74. The number of rotatable bonds is 6. The van der Waals surface area contributed by atoms with E-state index in [1.165, 1.54) is 16.4 Å². The van der Waals surface area contributed by atoms with Crippen LogP contribution in [0.3, 0.4) is 0 Å². The Hall–Kier alpha value is -3.19. The highest BCUT2D eigenvalue weighted by Gasteiger charge is 2.36. The Morgan fingerprint density at radius 2 is 1.72 bits per heavy atom. The van der Waals surface area contributed by atoms with Crippen LogP contribution in [0.1, 0.15) is 30.9 Å². The number of fused-ring (bicyclic) bond motifs is 3. The molecule has 0 radical (unpaired) electrons. The lowest BCUT2D eigenvalue weighted by molar-refractivity contribution is -0.119. The minimum Gasteiger partial charge on any atom is -0.354 e. The van der Waals surface area contributed by atoms with Crippen LogP contribution in [0.4, 0.5) is 10.1 Å². The highest BCUT2D eigenvalue weighted by Crippen LogP contribution is 2.43. The summed E-state index contributed by atoms with van der Waals surface area (Å²) in [6.45, 7) is 4.18. The van der Waals surface area contributed by atoms with Gasteiger partial charge >= 0.3 is 0 Å². The largest absolute Gasteiger partial charge is 0.354 e. The molecule has 7 heteroatoms. The molecule has 1 N–H and O–H groups in total. The van der Waals surface area contributed by atoms with Crippen molar-refractivity contribution in [2.24, 2.45) is 0 Å². The molecular weight excluding hydrogens is 427 g/mol. The first-order valence-electron chi connectivity index (χ1n) is 10.5. The summed E-state index contributed by atoms with van der Waals surface area (Å²) in [4.78, 5) is 12.9. The van der Waals surface area contributed by atoms with E-state index in [0.29, 0.717) is 24.2 Å². The second-order valence-electron chi connectivity index (χ2n) is 8.17. The summed E-state index contributed by atoms with van der Waals surface area (Å²) in [6.07, 6.45) is 0.524. The van der Waals surface area contributed by atoms with Crippen LogP contribution < -0.4 is 9.62 Å². The number of anilines is 1. The first kappa shape index (κ1) is 22.0. The summed E-state index contributed by atoms with van der Waals surface area (Å²) in [5.74, 6) is -0.421. The molecule has 166 valence electrons. The van der Waals surface area contributed by atoms with Gasteiger partial charge in [-0.2, -0.15) is 0 Å². The minimum atomic E-state index is -3.88. The van der Waals surface area contributed by atoms with Gasteiger partial charge in [-0.3, -0.25) is 9.10 Å². The molecule has 1 aliphatic rings. The van der Waals surface area contributed by atoms with Crippen molar-refractivity contribution in [3.05, 3.63) is 83.7 Å². The smallest absolute Gasteiger partial charge is 0.265 e. The van der Waals surface area contributed by atoms with Crippen LogP contribution in [-0.4, -0.2) is 27.4 Å². The van der Waals surface area contributed by atoms with E-state index in [2.05, 4.69) is 19.2 Å². The fourth-order valence-corrected chi connectivity index (χ4v) is 5.51. The van der Waals surface area contributed by atoms with E-state index in [1.54, 1.807) is 36.4 Å². The van der Waals surface area contributed by atoms with Gasteiger partial charge in [0.2, 0.25) is 5.91 Å². The normalized spacial score (nSPS) is 14.1. The van der Waals surface area contributed by atoms with Gasteiger partial charge in [0.1, 0.15) is 12.4 Å². The summed E-state index contributed by atoms with van der Waals surface area (Å²) in [5, 5.41) is 2.78. The average Bonchev–Trinajstić information content (AvgIpc) is 2.78. The summed E-state index contributed by atoms with van der Waals surface area (Å²) in [5.41, 5.74) is 3.94. The van der Waals surface area contributed by atoms with Crippen LogP contribution in [0.15, 0.2) is 71.6 Å². The Morgan fingerprint density at radius 3 is 2.44 bits per heavy atom. The van der Waals surface area contributed by atoms with E-state index in [0.717, 1.165) is 16.7 Å². The van der Waals surface area contributed by atoms with Crippen molar-refractivity contribution in [3.63, 3.8) is 0 Å². The number of nitrogens with one attached hydrogen (secondary N) is 1. The van der Waals surface area contributed by atoms with Crippen LogP contribution in [0.2, 0.25) is 0 Å². The number of benzene rings is 3. The van der Waals surface area contributed by atoms with Gasteiger partial charge in [0, 0.05) is 17.7 Å². The lowest BCUT2D eigenvalue weighted by Crippen LogP contribution is -2.43. The molecule has 0 bridgehead atoms. The van der Waals surface area contributed by atoms with Crippen molar-refractivity contribution in [3.8, 4) is 11.1 Å². The Kier molecular flexibility index (Phi) is 6.02. The molecule has 5 nitrogen and oxygen atoms in total. The zero-order valence-electron chi connectivity index (χ0n) is 18.0. The van der Waals surface area contributed by atoms with Crippen molar-refractivity contribution in [2.75, 3.05) is 17.4 Å². The molecule has 0 aromatic heterocycles. The summed E-state index contributed by atoms with van der Waals surface area (Å²) in [6, 6.07) is 18.7. The maximum Gasteiger partial charge on any atom is 0.265 e. The number of hydrogen-bond acceptors (Lipinski definition) is 3. The van der Waals surface area contributed by atoms with Gasteiger partial charge < -0.3 is 5.32 Å². The van der Waals surface area contributed by atoms with E-state index in [9.17, 15) is 17.6 Å². The third kappa shape index (κ3) is 4.25. The van der Waals surface area contributed by atoms with Crippen LogP contribution in [0, 0.1) is 5.82 Å². The summed E-state index contributed by atoms with van der Waals surface area (Å²) in [7, 11) is -3.88. The van der Waals surface area contributed by atoms with E-state index in [1.807, 2.05) is 18.2 Å². The molecule has 0 saturated carbocycles. The molecule has 1 heterocycles. The standard InChI is InChI=1S/C25H25FN2O3S/c1-17(2)19-9-12-23-22(15-19)21-5-3-4-6-24(21)32(30,31)28(23)16-25(29)27-14-13-18-7-10-20(26)11-8-18/h3-12,15,17H,13-14,16H2,1-2H3,(H,27,29). The molecule has 3 aromatic carbocycles. The molecule has 1 aliphatic heterocycles. The fraction of sp³-hybridized carbons (Fsp3) is 0.240. The maximum atomic E-state index is 13.4. The number of nitrogens with zero attached hydrogens (tertiary/aromatic N) is 1. The Bertz CT molecular complexity index is 1250. The SMILES string of the molecule is CC(C)c1ccc2c(c1)-c1ccccc1S(=O)(=O)N2CC(=O)NCCc1ccc(F)cc1. The lowest BCUT2D eigenvalue weighted by atomic mass is 9.95. The molecular formula is C25H25FN2O3S. The molecule has 32 heavy (non-hydrogen) atoms. The molecule has 3 aromatic rings. The van der Waals surface area contributed by atoms with Gasteiger partial charge in [0.05, 0.1) is 10.6 Å². The molecule has 0 spiro atoms. The quantitative estimate of drug-likeness (QED) is 0.600. The molecule has 0 aliphatic carbocycles. The molecule has 0 fully saturated rings. The highest BCUT2D eigenvalue weighted by molar-refractivity contribution is 7.93. The number of halogens is 1. The van der Waals surface area contributed by atoms with Crippen molar-refractivity contribution < 1.29 is 17.6 Å². The molecule has 0 unspecified atom stereocenters. The Morgan fingerprint density at radius 1 is 1.00 bits per heavy atom. The van der Waals surface area contributed by atoms with Crippen molar-refractivity contribution >= 4 is 21.6 Å². The predicted molar refractivity (Wildman–Crippen MR) is 124 cm³/mol. The first-order chi connectivity index (χ1) is 15.3. The van der Waals surface area contributed by atoms with Gasteiger partial charge in [-0.15, -0.1) is 0 Å². The zero-order chi connectivity index (χ0) is 22.9. The monoisotopic (exact) mass is 452 g/mol. The number of amides is 1. The number of hydrogen-bond donors (Lipinski definition) is 1. The molecule has 0 saturated heterocycles. The van der Waals surface area contributed by atoms with Gasteiger partial charge in [0.15, 0.2) is 0 Å². The zero-order valence-corrected chi connectivity index (χ0v) is 18.8. The van der Waals surface area contributed by atoms with Crippen molar-refractivity contribution in [2.45, 2.75) is 31.1 Å². The minimum absolute atomic E-state index is 0.201. The molecule has 4 rings (SSSR count).